The summed E-state index contributed by atoms with van der Waals surface area (Å²) in [4.78, 5) is 16.9. The zero-order chi connectivity index (χ0) is 24.7. The number of aryl methyl sites for hydroxylation is 1. The lowest BCUT2D eigenvalue weighted by Crippen LogP contribution is -2.62. The van der Waals surface area contributed by atoms with Crippen molar-refractivity contribution < 1.29 is 13.8 Å². The van der Waals surface area contributed by atoms with Gasteiger partial charge >= 0.3 is 0 Å². The van der Waals surface area contributed by atoms with Crippen LogP contribution in [0.2, 0.25) is 0 Å². The van der Waals surface area contributed by atoms with E-state index in [1.54, 1.807) is 6.07 Å². The van der Waals surface area contributed by atoms with Crippen molar-refractivity contribution in [1.29, 1.82) is 0 Å². The smallest absolute Gasteiger partial charge is 0.251 e. The lowest BCUT2D eigenvalue weighted by atomic mass is 9.77. The van der Waals surface area contributed by atoms with Crippen LogP contribution in [0.4, 0.5) is 4.39 Å². The summed E-state index contributed by atoms with van der Waals surface area (Å²) in [6, 6.07) is 7.39. The maximum atomic E-state index is 13.6. The highest BCUT2D eigenvalue weighted by molar-refractivity contribution is 7.92. The van der Waals surface area contributed by atoms with E-state index in [9.17, 15) is 8.94 Å². The number of pyridine rings is 1. The van der Waals surface area contributed by atoms with Crippen LogP contribution in [-0.2, 0) is 34.6 Å². The van der Waals surface area contributed by atoms with Gasteiger partial charge in [-0.05, 0) is 72.7 Å². The molecule has 1 unspecified atom stereocenters. The first-order valence-electron chi connectivity index (χ1n) is 12.2. The highest BCUT2D eigenvalue weighted by atomic mass is 32.2. The minimum atomic E-state index is -0.944. The molecule has 0 bridgehead atoms. The summed E-state index contributed by atoms with van der Waals surface area (Å²) in [5.74, 6) is 1.73. The summed E-state index contributed by atoms with van der Waals surface area (Å²) in [6.07, 6.45) is 10.3. The van der Waals surface area contributed by atoms with Crippen molar-refractivity contribution in [1.82, 2.24) is 19.4 Å². The van der Waals surface area contributed by atoms with Gasteiger partial charge in [0.05, 0.1) is 23.6 Å². The number of benzene rings is 1. The molecule has 5 heterocycles. The number of amidine groups is 1. The molecule has 1 aromatic carbocycles. The van der Waals surface area contributed by atoms with Crippen LogP contribution in [0.15, 0.2) is 53.7 Å². The molecule has 7 nitrogen and oxygen atoms in total. The Labute approximate surface area is 211 Å². The Hall–Kier alpha value is -3.17. The van der Waals surface area contributed by atoms with E-state index in [-0.39, 0.29) is 5.41 Å². The Balaban J connectivity index is 1.28. The van der Waals surface area contributed by atoms with E-state index in [0.29, 0.717) is 23.7 Å². The van der Waals surface area contributed by atoms with E-state index in [4.69, 9.17) is 4.84 Å². The lowest BCUT2D eigenvalue weighted by Gasteiger charge is -2.50. The number of fused-ring (bicyclic) bond motifs is 2. The number of rotatable bonds is 3. The number of piperidine rings is 1. The summed E-state index contributed by atoms with van der Waals surface area (Å²) in [5.41, 5.74) is 6.75. The van der Waals surface area contributed by atoms with Gasteiger partial charge in [-0.15, -0.1) is 0 Å². The molecule has 3 aliphatic heterocycles. The highest BCUT2D eigenvalue weighted by Crippen LogP contribution is 2.49. The normalized spacial score (nSPS) is 29.3. The van der Waals surface area contributed by atoms with Crippen LogP contribution in [0.5, 0.6) is 0 Å². The van der Waals surface area contributed by atoms with Gasteiger partial charge in [-0.1, -0.05) is 22.4 Å². The van der Waals surface area contributed by atoms with E-state index < -0.39 is 22.7 Å². The third-order valence-electron chi connectivity index (χ3n) is 7.95. The van der Waals surface area contributed by atoms with Gasteiger partial charge in [0.1, 0.15) is 23.0 Å². The molecule has 184 valence electrons. The van der Waals surface area contributed by atoms with Crippen LogP contribution in [-0.4, -0.2) is 47.9 Å². The average molecular weight is 504 g/mol. The molecule has 7 rings (SSSR count). The molecular formula is C27H26FN5O2S. The third-order valence-corrected chi connectivity index (χ3v) is 9.82. The fraction of sp³-hybridized carbons (Fsp3) is 0.370. The molecule has 0 saturated carbocycles. The second kappa shape index (κ2) is 7.66. The average Bonchev–Trinajstić information content (AvgIpc) is 3.38. The van der Waals surface area contributed by atoms with Crippen molar-refractivity contribution in [2.24, 2.45) is 10.6 Å². The fourth-order valence-electron chi connectivity index (χ4n) is 6.01. The molecule has 9 heteroatoms. The number of hydrogen-bond acceptors (Lipinski definition) is 6. The van der Waals surface area contributed by atoms with Crippen molar-refractivity contribution in [3.63, 3.8) is 0 Å². The molecule has 1 spiro atoms. The predicted octanol–water partition coefficient (Wildman–Crippen LogP) is 3.87. The summed E-state index contributed by atoms with van der Waals surface area (Å²) in [7, 11) is 0. The van der Waals surface area contributed by atoms with Crippen molar-refractivity contribution in [2.75, 3.05) is 18.1 Å². The second-order valence-corrected chi connectivity index (χ2v) is 12.0. The zero-order valence-electron chi connectivity index (χ0n) is 20.2. The van der Waals surface area contributed by atoms with Crippen molar-refractivity contribution in [2.45, 2.75) is 38.8 Å². The maximum Gasteiger partial charge on any atom is 0.251 e. The first kappa shape index (κ1) is 22.1. The number of aromatic nitrogens is 3. The van der Waals surface area contributed by atoms with Crippen LogP contribution in [0.1, 0.15) is 41.4 Å². The molecule has 0 radical (unpaired) electrons. The Morgan fingerprint density at radius 1 is 1.14 bits per heavy atom. The monoisotopic (exact) mass is 503 g/mol. The lowest BCUT2D eigenvalue weighted by molar-refractivity contribution is -0.104. The molecule has 2 fully saturated rings. The van der Waals surface area contributed by atoms with Gasteiger partial charge < -0.3 is 18.9 Å². The number of halogens is 1. The summed E-state index contributed by atoms with van der Waals surface area (Å²) >= 11 is -0.798. The van der Waals surface area contributed by atoms with Crippen molar-refractivity contribution >= 4 is 23.1 Å². The van der Waals surface area contributed by atoms with Gasteiger partial charge in [-0.25, -0.2) is 9.37 Å². The first-order chi connectivity index (χ1) is 17.3. The van der Waals surface area contributed by atoms with E-state index in [0.717, 1.165) is 36.4 Å². The van der Waals surface area contributed by atoms with E-state index in [1.165, 1.54) is 34.6 Å². The fourth-order valence-corrected chi connectivity index (χ4v) is 7.68. The topological polar surface area (TPSA) is 78.6 Å². The van der Waals surface area contributed by atoms with Crippen LogP contribution in [0.25, 0.3) is 11.8 Å². The van der Waals surface area contributed by atoms with E-state index in [2.05, 4.69) is 49.0 Å². The maximum absolute atomic E-state index is 13.6. The van der Waals surface area contributed by atoms with E-state index >= 15 is 0 Å². The van der Waals surface area contributed by atoms with Crippen molar-refractivity contribution in [3.05, 3.63) is 82.5 Å². The van der Waals surface area contributed by atoms with Gasteiger partial charge in [0.15, 0.2) is 5.84 Å². The minimum absolute atomic E-state index is 0.0912. The van der Waals surface area contributed by atoms with Gasteiger partial charge in [0.2, 0.25) is 0 Å². The molecule has 2 aromatic heterocycles. The minimum Gasteiger partial charge on any atom is -0.616 e. The molecule has 0 amide bonds. The van der Waals surface area contributed by atoms with Gasteiger partial charge in [-0.3, -0.25) is 4.98 Å². The molecule has 0 N–H and O–H groups in total. The summed E-state index contributed by atoms with van der Waals surface area (Å²) in [6.45, 7) is 4.60. The second-order valence-electron chi connectivity index (χ2n) is 10.6. The Kier molecular flexibility index (Phi) is 4.70. The third kappa shape index (κ3) is 3.25. The summed E-state index contributed by atoms with van der Waals surface area (Å²) in [5, 5.41) is 4.52. The molecule has 4 aliphatic rings. The number of hydrogen-bond donors (Lipinski definition) is 0. The molecule has 1 aliphatic carbocycles. The van der Waals surface area contributed by atoms with E-state index in [1.807, 2.05) is 20.2 Å². The standard InChI is InChI=1S/C27H26FN5O2S/c1-17-12-32(16-30-17)23-7-3-18(21-5-6-22(21)23)9-19-10-27(14-36(34)15-27)13-33-25(19)31-35-26(33,2)24-8-4-20(28)11-29-24/h3-4,7-9,11-12,16H,5-6,10,13-15H2,1-2H3/b19-9+. The van der Waals surface area contributed by atoms with Crippen LogP contribution >= 0.6 is 0 Å². The van der Waals surface area contributed by atoms with Crippen LogP contribution in [0, 0.1) is 18.2 Å². The Morgan fingerprint density at radius 2 is 1.97 bits per heavy atom. The van der Waals surface area contributed by atoms with Gasteiger partial charge in [0.25, 0.3) is 5.72 Å². The molecule has 3 aromatic rings. The highest BCUT2D eigenvalue weighted by Gasteiger charge is 2.59. The summed E-state index contributed by atoms with van der Waals surface area (Å²) < 4.78 is 27.9. The van der Waals surface area contributed by atoms with Crippen LogP contribution < -0.4 is 0 Å². The Morgan fingerprint density at radius 3 is 2.64 bits per heavy atom. The van der Waals surface area contributed by atoms with Gasteiger partial charge in [-0.2, -0.15) is 0 Å². The predicted molar refractivity (Wildman–Crippen MR) is 135 cm³/mol. The molecule has 36 heavy (non-hydrogen) atoms. The number of imidazole rings is 1. The van der Waals surface area contributed by atoms with Crippen molar-refractivity contribution in [3.8, 4) is 5.69 Å². The number of oxime groups is 1. The molecule has 2 saturated heterocycles. The molecule has 1 atom stereocenters. The quantitative estimate of drug-likeness (QED) is 0.507. The van der Waals surface area contributed by atoms with Gasteiger partial charge in [0, 0.05) is 25.4 Å². The van der Waals surface area contributed by atoms with Crippen LogP contribution in [0.3, 0.4) is 0 Å². The number of nitrogens with zero attached hydrogens (tertiary/aromatic N) is 5. The molecular weight excluding hydrogens is 477 g/mol. The first-order valence-corrected chi connectivity index (χ1v) is 13.7. The largest absolute Gasteiger partial charge is 0.616 e. The zero-order valence-corrected chi connectivity index (χ0v) is 21.0. The SMILES string of the molecule is Cc1cn(-c2ccc(/C=C3\CC4(CN5C3=NOC5(C)c3ccc(F)cn3)C[S+]([O-])C4)c3c2CC3)cn1. The Bertz CT molecular complexity index is 1440.